The molecule has 0 spiro atoms. The highest BCUT2D eigenvalue weighted by Crippen LogP contribution is 2.42. The zero-order chi connectivity index (χ0) is 23.8. The van der Waals surface area contributed by atoms with Crippen molar-refractivity contribution in [2.24, 2.45) is 5.92 Å². The van der Waals surface area contributed by atoms with Gasteiger partial charge in [-0.05, 0) is 12.5 Å². The smallest absolute Gasteiger partial charge is 0.227 e. The highest BCUT2D eigenvalue weighted by molar-refractivity contribution is 6.00. The van der Waals surface area contributed by atoms with Gasteiger partial charge in [-0.15, -0.1) is 0 Å². The normalized spacial score (nSPS) is 15.3. The molecule has 9 heteroatoms. The minimum Gasteiger partial charge on any atom is -0.493 e. The van der Waals surface area contributed by atoms with Crippen LogP contribution in [0.15, 0.2) is 30.5 Å². The molecular weight excluding hydrogens is 426 g/mol. The number of rotatable bonds is 11. The maximum atomic E-state index is 12.8. The van der Waals surface area contributed by atoms with Crippen molar-refractivity contribution < 1.29 is 28.5 Å². The van der Waals surface area contributed by atoms with Crippen LogP contribution in [0.1, 0.15) is 31.7 Å². The molecule has 0 radical (unpaired) electrons. The van der Waals surface area contributed by atoms with Gasteiger partial charge in [-0.2, -0.15) is 0 Å². The lowest BCUT2D eigenvalue weighted by Crippen LogP contribution is -2.32. The molecule has 1 aromatic carbocycles. The largest absolute Gasteiger partial charge is 0.493 e. The van der Waals surface area contributed by atoms with Crippen molar-refractivity contribution in [1.82, 2.24) is 10.3 Å². The van der Waals surface area contributed by atoms with E-state index < -0.39 is 5.92 Å². The molecular formula is C24H31N3O6. The summed E-state index contributed by atoms with van der Waals surface area (Å²) in [6, 6.07) is 7.08. The maximum absolute atomic E-state index is 12.8. The number of pyridine rings is 1. The molecule has 1 N–H and O–H groups in total. The van der Waals surface area contributed by atoms with Gasteiger partial charge >= 0.3 is 0 Å². The fourth-order valence-corrected chi connectivity index (χ4v) is 3.68. The molecule has 178 valence electrons. The second-order valence-electron chi connectivity index (χ2n) is 7.68. The van der Waals surface area contributed by atoms with E-state index in [1.807, 2.05) is 6.07 Å². The van der Waals surface area contributed by atoms with Crippen molar-refractivity contribution in [3.63, 3.8) is 0 Å². The van der Waals surface area contributed by atoms with E-state index in [0.717, 1.165) is 18.4 Å². The number of benzene rings is 1. The Labute approximate surface area is 194 Å². The number of unbranched alkanes of at least 4 members (excludes halogenated alkanes) is 1. The number of carbonyl (C=O) groups excluding carboxylic acids is 2. The average molecular weight is 458 g/mol. The van der Waals surface area contributed by atoms with Gasteiger partial charge in [-0.3, -0.25) is 9.59 Å². The van der Waals surface area contributed by atoms with Gasteiger partial charge in [-0.1, -0.05) is 19.4 Å². The van der Waals surface area contributed by atoms with Gasteiger partial charge in [0.15, 0.2) is 11.5 Å². The van der Waals surface area contributed by atoms with Gasteiger partial charge in [0.25, 0.3) is 0 Å². The third-order valence-electron chi connectivity index (χ3n) is 5.50. The first kappa shape index (κ1) is 24.2. The van der Waals surface area contributed by atoms with Crippen LogP contribution in [-0.2, 0) is 16.1 Å². The number of carbonyl (C=O) groups is 2. The summed E-state index contributed by atoms with van der Waals surface area (Å²) in [6.45, 7) is 3.21. The third-order valence-corrected chi connectivity index (χ3v) is 5.50. The minimum atomic E-state index is -0.474. The summed E-state index contributed by atoms with van der Waals surface area (Å²) in [5.41, 5.74) is 1.39. The van der Waals surface area contributed by atoms with Crippen molar-refractivity contribution in [2.45, 2.75) is 32.7 Å². The minimum absolute atomic E-state index is 0.120. The summed E-state index contributed by atoms with van der Waals surface area (Å²) >= 11 is 0. The SMILES string of the molecule is CCCCOc1ncccc1CNC(=O)C1CC(=O)N(c2cc(OC)c(OC)c(OC)c2)C1. The Morgan fingerprint density at radius 2 is 1.91 bits per heavy atom. The van der Waals surface area contributed by atoms with Crippen molar-refractivity contribution in [3.8, 4) is 23.1 Å². The van der Waals surface area contributed by atoms with E-state index in [9.17, 15) is 9.59 Å². The summed E-state index contributed by atoms with van der Waals surface area (Å²) in [5, 5.41) is 2.92. The highest BCUT2D eigenvalue weighted by Gasteiger charge is 2.36. The van der Waals surface area contributed by atoms with Crippen LogP contribution in [0.4, 0.5) is 5.69 Å². The molecule has 0 aliphatic carbocycles. The Kier molecular flexibility index (Phi) is 8.34. The second kappa shape index (κ2) is 11.4. The molecule has 1 fully saturated rings. The van der Waals surface area contributed by atoms with Crippen LogP contribution < -0.4 is 29.2 Å². The second-order valence-corrected chi connectivity index (χ2v) is 7.68. The molecule has 1 aliphatic heterocycles. The standard InChI is InChI=1S/C24H31N3O6/c1-5-6-10-33-24-16(8-7-9-25-24)14-26-23(29)17-11-21(28)27(15-17)18-12-19(30-2)22(32-4)20(13-18)31-3/h7-9,12-13,17H,5-6,10-11,14-15H2,1-4H3,(H,26,29). The van der Waals surface area contributed by atoms with Crippen molar-refractivity contribution in [2.75, 3.05) is 39.4 Å². The predicted octanol–water partition coefficient (Wildman–Crippen LogP) is 2.96. The summed E-state index contributed by atoms with van der Waals surface area (Å²) in [5.74, 6) is 1.04. The summed E-state index contributed by atoms with van der Waals surface area (Å²) in [4.78, 5) is 31.4. The molecule has 3 rings (SSSR count). The van der Waals surface area contributed by atoms with E-state index in [-0.39, 0.29) is 31.3 Å². The Hall–Kier alpha value is -3.49. The van der Waals surface area contributed by atoms with Crippen molar-refractivity contribution in [1.29, 1.82) is 0 Å². The van der Waals surface area contributed by atoms with Gasteiger partial charge in [-0.25, -0.2) is 4.98 Å². The Morgan fingerprint density at radius 1 is 1.18 bits per heavy atom. The number of nitrogens with zero attached hydrogens (tertiary/aromatic N) is 2. The molecule has 2 aromatic rings. The monoisotopic (exact) mass is 457 g/mol. The predicted molar refractivity (Wildman–Crippen MR) is 123 cm³/mol. The van der Waals surface area contributed by atoms with Crippen LogP contribution in [0.2, 0.25) is 0 Å². The molecule has 9 nitrogen and oxygen atoms in total. The summed E-state index contributed by atoms with van der Waals surface area (Å²) < 4.78 is 21.8. The molecule has 33 heavy (non-hydrogen) atoms. The zero-order valence-corrected chi connectivity index (χ0v) is 19.6. The van der Waals surface area contributed by atoms with Crippen LogP contribution in [0, 0.1) is 5.92 Å². The molecule has 1 saturated heterocycles. The topological polar surface area (TPSA) is 99.2 Å². The first-order valence-corrected chi connectivity index (χ1v) is 11.0. The van der Waals surface area contributed by atoms with Crippen LogP contribution in [-0.4, -0.2) is 51.3 Å². The van der Waals surface area contributed by atoms with E-state index in [2.05, 4.69) is 17.2 Å². The van der Waals surface area contributed by atoms with E-state index >= 15 is 0 Å². The number of ether oxygens (including phenoxy) is 4. The fourth-order valence-electron chi connectivity index (χ4n) is 3.68. The number of amides is 2. The first-order valence-electron chi connectivity index (χ1n) is 11.0. The Balaban J connectivity index is 1.67. The molecule has 0 saturated carbocycles. The van der Waals surface area contributed by atoms with E-state index in [4.69, 9.17) is 18.9 Å². The summed E-state index contributed by atoms with van der Waals surface area (Å²) in [7, 11) is 4.55. The number of nitrogens with one attached hydrogen (secondary N) is 1. The summed E-state index contributed by atoms with van der Waals surface area (Å²) in [6.07, 6.45) is 3.74. The Morgan fingerprint density at radius 3 is 2.55 bits per heavy atom. The van der Waals surface area contributed by atoms with Gasteiger partial charge < -0.3 is 29.2 Å². The molecule has 0 bridgehead atoms. The van der Waals surface area contributed by atoms with E-state index in [1.165, 1.54) is 21.3 Å². The quantitative estimate of drug-likeness (QED) is 0.518. The highest BCUT2D eigenvalue weighted by atomic mass is 16.5. The lowest BCUT2D eigenvalue weighted by Gasteiger charge is -2.20. The molecule has 2 amide bonds. The molecule has 1 aliphatic rings. The lowest BCUT2D eigenvalue weighted by atomic mass is 10.1. The number of methoxy groups -OCH3 is 3. The lowest BCUT2D eigenvalue weighted by molar-refractivity contribution is -0.126. The zero-order valence-electron chi connectivity index (χ0n) is 19.6. The van der Waals surface area contributed by atoms with Gasteiger partial charge in [0, 0.05) is 43.4 Å². The number of hydrogen-bond acceptors (Lipinski definition) is 7. The van der Waals surface area contributed by atoms with Gasteiger partial charge in [0.05, 0.1) is 39.5 Å². The maximum Gasteiger partial charge on any atom is 0.227 e. The molecule has 1 atom stereocenters. The fraction of sp³-hybridized carbons (Fsp3) is 0.458. The van der Waals surface area contributed by atoms with Gasteiger partial charge in [0.1, 0.15) is 0 Å². The van der Waals surface area contributed by atoms with E-state index in [0.29, 0.717) is 35.4 Å². The number of aromatic nitrogens is 1. The van der Waals surface area contributed by atoms with Crippen LogP contribution >= 0.6 is 0 Å². The van der Waals surface area contributed by atoms with Crippen LogP contribution in [0.3, 0.4) is 0 Å². The molecule has 1 aromatic heterocycles. The number of hydrogen-bond donors (Lipinski definition) is 1. The van der Waals surface area contributed by atoms with Crippen LogP contribution in [0.5, 0.6) is 23.1 Å². The van der Waals surface area contributed by atoms with Gasteiger partial charge in [0.2, 0.25) is 23.4 Å². The third kappa shape index (κ3) is 5.66. The number of anilines is 1. The average Bonchev–Trinajstić information content (AvgIpc) is 3.24. The molecule has 2 heterocycles. The van der Waals surface area contributed by atoms with Crippen LogP contribution in [0.25, 0.3) is 0 Å². The molecule has 1 unspecified atom stereocenters. The van der Waals surface area contributed by atoms with E-state index in [1.54, 1.807) is 29.3 Å². The van der Waals surface area contributed by atoms with Crippen molar-refractivity contribution in [3.05, 3.63) is 36.0 Å². The van der Waals surface area contributed by atoms with Crippen molar-refractivity contribution >= 4 is 17.5 Å². The first-order chi connectivity index (χ1) is 16.0. The Bertz CT molecular complexity index is 955.